The van der Waals surface area contributed by atoms with E-state index in [-0.39, 0.29) is 36.0 Å². The fourth-order valence-corrected chi connectivity index (χ4v) is 4.29. The number of piperidine rings is 1. The van der Waals surface area contributed by atoms with Crippen LogP contribution in [-0.2, 0) is 14.4 Å². The van der Waals surface area contributed by atoms with Crippen molar-refractivity contribution in [3.63, 3.8) is 0 Å². The molecule has 8 nitrogen and oxygen atoms in total. The number of hydrogen-bond acceptors (Lipinski definition) is 4. The third kappa shape index (κ3) is 4.49. The van der Waals surface area contributed by atoms with Gasteiger partial charge in [0.25, 0.3) is 5.91 Å². The van der Waals surface area contributed by atoms with Crippen molar-refractivity contribution in [2.24, 2.45) is 17.6 Å². The van der Waals surface area contributed by atoms with Crippen LogP contribution in [0.2, 0.25) is 0 Å². The van der Waals surface area contributed by atoms with Crippen LogP contribution in [0.25, 0.3) is 0 Å². The zero-order chi connectivity index (χ0) is 22.7. The van der Waals surface area contributed by atoms with Gasteiger partial charge in [0.2, 0.25) is 17.7 Å². The highest BCUT2D eigenvalue weighted by Crippen LogP contribution is 2.27. The van der Waals surface area contributed by atoms with Crippen LogP contribution in [0.3, 0.4) is 0 Å². The Morgan fingerprint density at radius 2 is 1.56 bits per heavy atom. The number of nitrogens with one attached hydrogen (secondary N) is 1. The maximum Gasteiger partial charge on any atom is 0.255 e. The first-order valence-corrected chi connectivity index (χ1v) is 10.8. The van der Waals surface area contributed by atoms with E-state index < -0.39 is 5.92 Å². The summed E-state index contributed by atoms with van der Waals surface area (Å²) in [5.41, 5.74) is 6.96. The minimum absolute atomic E-state index is 0.0990. The summed E-state index contributed by atoms with van der Waals surface area (Å²) < 4.78 is 0. The van der Waals surface area contributed by atoms with Gasteiger partial charge in [0, 0.05) is 37.7 Å². The molecular formula is C24H26N4O4. The number of nitrogens with zero attached hydrogens (tertiary/aromatic N) is 2. The van der Waals surface area contributed by atoms with Crippen molar-refractivity contribution in [1.82, 2.24) is 4.90 Å². The topological polar surface area (TPSA) is 113 Å². The molecule has 4 rings (SSSR count). The molecule has 32 heavy (non-hydrogen) atoms. The molecule has 0 aromatic heterocycles. The monoisotopic (exact) mass is 434 g/mol. The van der Waals surface area contributed by atoms with Crippen molar-refractivity contribution >= 4 is 35.0 Å². The molecule has 0 saturated carbocycles. The first-order chi connectivity index (χ1) is 15.4. The summed E-state index contributed by atoms with van der Waals surface area (Å²) in [5, 5.41) is 2.85. The van der Waals surface area contributed by atoms with Gasteiger partial charge in [0.05, 0.1) is 17.2 Å². The molecule has 0 spiro atoms. The van der Waals surface area contributed by atoms with Gasteiger partial charge in [-0.1, -0.05) is 30.3 Å². The largest absolute Gasteiger partial charge is 0.369 e. The van der Waals surface area contributed by atoms with Gasteiger partial charge in [-0.05, 0) is 37.1 Å². The Hall–Kier alpha value is -3.68. The van der Waals surface area contributed by atoms with Gasteiger partial charge in [0.1, 0.15) is 0 Å². The quantitative estimate of drug-likeness (QED) is 0.749. The predicted octanol–water partition coefficient (Wildman–Crippen LogP) is 2.02. The second kappa shape index (κ2) is 9.21. The number of benzene rings is 2. The minimum atomic E-state index is -0.503. The highest BCUT2D eigenvalue weighted by atomic mass is 16.2. The number of nitrogens with two attached hydrogens (primary N) is 1. The van der Waals surface area contributed by atoms with E-state index in [1.807, 2.05) is 30.3 Å². The van der Waals surface area contributed by atoms with Crippen LogP contribution in [0.1, 0.15) is 29.6 Å². The minimum Gasteiger partial charge on any atom is -0.369 e. The predicted molar refractivity (Wildman–Crippen MR) is 120 cm³/mol. The number of hydrogen-bond donors (Lipinski definition) is 2. The molecule has 8 heteroatoms. The molecule has 2 aromatic carbocycles. The lowest BCUT2D eigenvalue weighted by molar-refractivity contribution is -0.123. The number of amides is 4. The number of carbonyl (C=O) groups is 4. The van der Waals surface area contributed by atoms with Gasteiger partial charge < -0.3 is 20.9 Å². The molecule has 166 valence electrons. The maximum absolute atomic E-state index is 13.1. The third-order valence-electron chi connectivity index (χ3n) is 6.16. The van der Waals surface area contributed by atoms with E-state index in [2.05, 4.69) is 5.32 Å². The number of anilines is 2. The second-order valence-corrected chi connectivity index (χ2v) is 8.24. The van der Waals surface area contributed by atoms with E-state index in [0.717, 1.165) is 5.69 Å². The molecule has 0 bridgehead atoms. The van der Waals surface area contributed by atoms with Gasteiger partial charge in [-0.3, -0.25) is 19.2 Å². The van der Waals surface area contributed by atoms with Crippen molar-refractivity contribution in [3.8, 4) is 0 Å². The van der Waals surface area contributed by atoms with E-state index in [1.165, 1.54) is 0 Å². The number of likely N-dealkylation sites (tertiary alicyclic amines) is 1. The molecule has 3 N–H and O–H groups in total. The smallest absolute Gasteiger partial charge is 0.255 e. The molecule has 2 fully saturated rings. The molecule has 2 aliphatic rings. The second-order valence-electron chi connectivity index (χ2n) is 8.24. The molecule has 2 saturated heterocycles. The lowest BCUT2D eigenvalue weighted by Gasteiger charge is -2.31. The summed E-state index contributed by atoms with van der Waals surface area (Å²) in [6.07, 6.45) is 1.20. The molecule has 0 aliphatic carbocycles. The average Bonchev–Trinajstić information content (AvgIpc) is 3.21. The van der Waals surface area contributed by atoms with Crippen molar-refractivity contribution in [2.75, 3.05) is 29.9 Å². The Morgan fingerprint density at radius 3 is 2.25 bits per heavy atom. The van der Waals surface area contributed by atoms with Crippen molar-refractivity contribution in [1.29, 1.82) is 0 Å². The SMILES string of the molecule is NC(=O)C1CCN(C(=O)c2ccccc2NC(=O)C2CC(=O)N(c3ccccc3)C2)CC1. The molecular weight excluding hydrogens is 408 g/mol. The Kier molecular flexibility index (Phi) is 6.20. The molecule has 1 atom stereocenters. The highest BCUT2D eigenvalue weighted by molar-refractivity contribution is 6.07. The summed E-state index contributed by atoms with van der Waals surface area (Å²) in [6.45, 7) is 1.18. The molecule has 2 aromatic rings. The van der Waals surface area contributed by atoms with Crippen molar-refractivity contribution in [2.45, 2.75) is 19.3 Å². The number of para-hydroxylation sites is 2. The van der Waals surface area contributed by atoms with Gasteiger partial charge in [-0.2, -0.15) is 0 Å². The van der Waals surface area contributed by atoms with E-state index in [4.69, 9.17) is 5.73 Å². The first kappa shape index (κ1) is 21.5. The van der Waals surface area contributed by atoms with Crippen LogP contribution < -0.4 is 16.0 Å². The van der Waals surface area contributed by atoms with E-state index in [1.54, 1.807) is 34.1 Å². The van der Waals surface area contributed by atoms with Gasteiger partial charge in [0.15, 0.2) is 0 Å². The highest BCUT2D eigenvalue weighted by Gasteiger charge is 2.35. The number of carbonyl (C=O) groups excluding carboxylic acids is 4. The van der Waals surface area contributed by atoms with Crippen LogP contribution in [0.15, 0.2) is 54.6 Å². The fourth-order valence-electron chi connectivity index (χ4n) is 4.29. The van der Waals surface area contributed by atoms with Crippen LogP contribution in [0, 0.1) is 11.8 Å². The molecule has 1 unspecified atom stereocenters. The first-order valence-electron chi connectivity index (χ1n) is 10.8. The lowest BCUT2D eigenvalue weighted by atomic mass is 9.95. The normalized spacial score (nSPS) is 19.1. The lowest BCUT2D eigenvalue weighted by Crippen LogP contribution is -2.42. The van der Waals surface area contributed by atoms with Gasteiger partial charge in [-0.15, -0.1) is 0 Å². The van der Waals surface area contributed by atoms with Crippen molar-refractivity contribution < 1.29 is 19.2 Å². The van der Waals surface area contributed by atoms with Gasteiger partial charge in [-0.25, -0.2) is 0 Å². The standard InChI is InChI=1S/C24H26N4O4/c25-22(30)16-10-12-27(13-11-16)24(32)19-8-4-5-9-20(19)26-23(31)17-14-21(29)28(15-17)18-6-2-1-3-7-18/h1-9,16-17H,10-15H2,(H2,25,30)(H,26,31). The van der Waals surface area contributed by atoms with Crippen LogP contribution in [-0.4, -0.2) is 48.2 Å². The van der Waals surface area contributed by atoms with E-state index >= 15 is 0 Å². The number of primary amides is 1. The zero-order valence-corrected chi connectivity index (χ0v) is 17.7. The summed E-state index contributed by atoms with van der Waals surface area (Å²) in [4.78, 5) is 53.2. The Morgan fingerprint density at radius 1 is 0.906 bits per heavy atom. The van der Waals surface area contributed by atoms with Crippen molar-refractivity contribution in [3.05, 3.63) is 60.2 Å². The van der Waals surface area contributed by atoms with Crippen LogP contribution >= 0.6 is 0 Å². The van der Waals surface area contributed by atoms with Crippen LogP contribution in [0.5, 0.6) is 0 Å². The van der Waals surface area contributed by atoms with Gasteiger partial charge >= 0.3 is 0 Å². The fraction of sp³-hybridized carbons (Fsp3) is 0.333. The number of rotatable bonds is 5. The average molecular weight is 434 g/mol. The third-order valence-corrected chi connectivity index (χ3v) is 6.16. The summed E-state index contributed by atoms with van der Waals surface area (Å²) in [7, 11) is 0. The summed E-state index contributed by atoms with van der Waals surface area (Å²) >= 11 is 0. The molecule has 2 heterocycles. The Balaban J connectivity index is 1.43. The summed E-state index contributed by atoms with van der Waals surface area (Å²) in [6, 6.07) is 16.1. The van der Waals surface area contributed by atoms with E-state index in [9.17, 15) is 19.2 Å². The summed E-state index contributed by atoms with van der Waals surface area (Å²) in [5.74, 6) is -1.63. The molecule has 0 radical (unpaired) electrons. The maximum atomic E-state index is 13.1. The Labute approximate surface area is 186 Å². The molecule has 2 aliphatic heterocycles. The Bertz CT molecular complexity index is 1030. The van der Waals surface area contributed by atoms with Crippen LogP contribution in [0.4, 0.5) is 11.4 Å². The zero-order valence-electron chi connectivity index (χ0n) is 17.7. The molecule has 4 amide bonds. The van der Waals surface area contributed by atoms with E-state index in [0.29, 0.717) is 43.7 Å².